The quantitative estimate of drug-likeness (QED) is 0.884. The van der Waals surface area contributed by atoms with Crippen LogP contribution in [0.25, 0.3) is 0 Å². The first-order valence-electron chi connectivity index (χ1n) is 10.2. The van der Waals surface area contributed by atoms with Crippen molar-refractivity contribution in [1.29, 1.82) is 0 Å². The molecule has 1 N–H and O–H groups in total. The summed E-state index contributed by atoms with van der Waals surface area (Å²) in [7, 11) is 0. The van der Waals surface area contributed by atoms with E-state index in [0.717, 1.165) is 64.1 Å². The smallest absolute Gasteiger partial charge is 0.409 e. The number of carbonyl (C=O) groups is 2. The number of piperidine rings is 2. The number of nitrogens with one attached hydrogen (secondary N) is 1. The fourth-order valence-corrected chi connectivity index (χ4v) is 4.87. The highest BCUT2D eigenvalue weighted by Gasteiger charge is 2.48. The first-order valence-corrected chi connectivity index (χ1v) is 10.2. The third-order valence-corrected chi connectivity index (χ3v) is 6.49. The maximum Gasteiger partial charge on any atom is 0.409 e. The number of amides is 2. The monoisotopic (exact) mass is 373 g/mol. The SMILES string of the molecule is CCOC(=O)N1CCC(CN2CCC3(CC2)C(=O)Nc2ccccc23)CC1.[HH]. The van der Waals surface area contributed by atoms with Gasteiger partial charge in [-0.25, -0.2) is 4.79 Å². The molecule has 0 radical (unpaired) electrons. The topological polar surface area (TPSA) is 61.9 Å². The van der Waals surface area contributed by atoms with Gasteiger partial charge in [-0.2, -0.15) is 0 Å². The number of carbonyl (C=O) groups excluding carboxylic acids is 2. The van der Waals surface area contributed by atoms with Crippen LogP contribution in [0.3, 0.4) is 0 Å². The highest BCUT2D eigenvalue weighted by atomic mass is 16.6. The molecule has 3 heterocycles. The van der Waals surface area contributed by atoms with E-state index in [1.807, 2.05) is 30.0 Å². The summed E-state index contributed by atoms with van der Waals surface area (Å²) >= 11 is 0. The molecule has 3 aliphatic rings. The molecule has 1 aromatic rings. The molecule has 1 aromatic carbocycles. The minimum Gasteiger partial charge on any atom is -0.450 e. The van der Waals surface area contributed by atoms with Crippen molar-refractivity contribution in [3.8, 4) is 0 Å². The predicted molar refractivity (Wildman–Crippen MR) is 106 cm³/mol. The molecule has 1 spiro atoms. The van der Waals surface area contributed by atoms with Gasteiger partial charge in [-0.05, 0) is 63.2 Å². The summed E-state index contributed by atoms with van der Waals surface area (Å²) in [5.74, 6) is 0.792. The lowest BCUT2D eigenvalue weighted by Crippen LogP contribution is -2.48. The predicted octanol–water partition coefficient (Wildman–Crippen LogP) is 3.09. The standard InChI is InChI=1S/C21H29N3O3.H2/c1-2-27-20(26)24-11-7-16(8-12-24)15-23-13-9-21(10-14-23)17-5-3-4-6-18(17)22-19(21)25;/h3-6,16H,2,7-15H2,1H3,(H,22,25);1H. The number of likely N-dealkylation sites (tertiary alicyclic amines) is 2. The second-order valence-corrected chi connectivity index (χ2v) is 8.01. The zero-order valence-electron chi connectivity index (χ0n) is 16.1. The Morgan fingerprint density at radius 2 is 1.93 bits per heavy atom. The second kappa shape index (κ2) is 7.50. The van der Waals surface area contributed by atoms with Gasteiger partial charge in [0.1, 0.15) is 0 Å². The second-order valence-electron chi connectivity index (χ2n) is 8.01. The summed E-state index contributed by atoms with van der Waals surface area (Å²) in [6, 6.07) is 8.13. The number of rotatable bonds is 3. The third-order valence-electron chi connectivity index (χ3n) is 6.49. The van der Waals surface area contributed by atoms with Gasteiger partial charge in [-0.3, -0.25) is 4.79 Å². The number of hydrogen-bond donors (Lipinski definition) is 1. The molecule has 0 atom stereocenters. The minimum atomic E-state index is -0.333. The Morgan fingerprint density at radius 1 is 1.22 bits per heavy atom. The van der Waals surface area contributed by atoms with Gasteiger partial charge in [0.2, 0.25) is 5.91 Å². The Labute approximate surface area is 162 Å². The number of hydrogen-bond acceptors (Lipinski definition) is 4. The molecule has 0 aromatic heterocycles. The van der Waals surface area contributed by atoms with E-state index in [9.17, 15) is 9.59 Å². The van der Waals surface area contributed by atoms with Gasteiger partial charge in [-0.1, -0.05) is 18.2 Å². The molecule has 4 rings (SSSR count). The molecule has 27 heavy (non-hydrogen) atoms. The zero-order valence-corrected chi connectivity index (χ0v) is 16.1. The normalized spacial score (nSPS) is 22.6. The number of ether oxygens (including phenoxy) is 1. The average molecular weight is 373 g/mol. The van der Waals surface area contributed by atoms with Crippen molar-refractivity contribution in [2.45, 2.75) is 38.0 Å². The van der Waals surface area contributed by atoms with Crippen LogP contribution < -0.4 is 5.32 Å². The molecular weight excluding hydrogens is 342 g/mol. The molecule has 0 unspecified atom stereocenters. The Morgan fingerprint density at radius 3 is 2.63 bits per heavy atom. The van der Waals surface area contributed by atoms with Crippen LogP contribution in [0.5, 0.6) is 0 Å². The molecular formula is C21H31N3O3. The number of fused-ring (bicyclic) bond motifs is 2. The van der Waals surface area contributed by atoms with Crippen molar-refractivity contribution in [3.63, 3.8) is 0 Å². The van der Waals surface area contributed by atoms with Crippen LogP contribution in [-0.4, -0.2) is 61.1 Å². The fourth-order valence-electron chi connectivity index (χ4n) is 4.87. The van der Waals surface area contributed by atoms with E-state index in [2.05, 4.69) is 16.3 Å². The fraction of sp³-hybridized carbons (Fsp3) is 0.619. The van der Waals surface area contributed by atoms with E-state index in [4.69, 9.17) is 4.74 Å². The van der Waals surface area contributed by atoms with Crippen LogP contribution in [0.2, 0.25) is 0 Å². The van der Waals surface area contributed by atoms with E-state index < -0.39 is 0 Å². The number of anilines is 1. The number of nitrogens with zero attached hydrogens (tertiary/aromatic N) is 2. The van der Waals surface area contributed by atoms with E-state index in [-0.39, 0.29) is 18.8 Å². The Kier molecular flexibility index (Phi) is 5.08. The zero-order chi connectivity index (χ0) is 18.9. The molecule has 3 aliphatic heterocycles. The van der Waals surface area contributed by atoms with Gasteiger partial charge in [0, 0.05) is 26.7 Å². The lowest BCUT2D eigenvalue weighted by atomic mass is 9.73. The maximum atomic E-state index is 12.7. The van der Waals surface area contributed by atoms with Crippen LogP contribution in [0.4, 0.5) is 10.5 Å². The lowest BCUT2D eigenvalue weighted by Gasteiger charge is -2.40. The van der Waals surface area contributed by atoms with Crippen molar-refractivity contribution in [2.24, 2.45) is 5.92 Å². The van der Waals surface area contributed by atoms with E-state index in [0.29, 0.717) is 12.5 Å². The first-order chi connectivity index (χ1) is 13.1. The summed E-state index contributed by atoms with van der Waals surface area (Å²) in [5.41, 5.74) is 1.83. The molecule has 6 nitrogen and oxygen atoms in total. The molecule has 0 bridgehead atoms. The Hall–Kier alpha value is -2.08. The van der Waals surface area contributed by atoms with Crippen molar-refractivity contribution in [2.75, 3.05) is 44.6 Å². The van der Waals surface area contributed by atoms with Gasteiger partial charge < -0.3 is 19.9 Å². The molecule has 0 aliphatic carbocycles. The van der Waals surface area contributed by atoms with Gasteiger partial charge >= 0.3 is 6.09 Å². The number of para-hydroxylation sites is 1. The largest absolute Gasteiger partial charge is 0.450 e. The minimum absolute atomic E-state index is 0. The van der Waals surface area contributed by atoms with E-state index in [1.165, 1.54) is 5.56 Å². The highest BCUT2D eigenvalue weighted by Crippen LogP contribution is 2.44. The molecule has 2 saturated heterocycles. The van der Waals surface area contributed by atoms with E-state index >= 15 is 0 Å². The Bertz CT molecular complexity index is 711. The van der Waals surface area contributed by atoms with Crippen LogP contribution >= 0.6 is 0 Å². The van der Waals surface area contributed by atoms with Gasteiger partial charge in [0.05, 0.1) is 12.0 Å². The van der Waals surface area contributed by atoms with Crippen LogP contribution in [0, 0.1) is 5.92 Å². The van der Waals surface area contributed by atoms with Crippen molar-refractivity contribution < 1.29 is 15.8 Å². The molecule has 148 valence electrons. The summed E-state index contributed by atoms with van der Waals surface area (Å²) in [6.45, 7) is 6.84. The van der Waals surface area contributed by atoms with Crippen LogP contribution in [0.1, 0.15) is 39.6 Å². The number of benzene rings is 1. The van der Waals surface area contributed by atoms with Crippen LogP contribution in [-0.2, 0) is 14.9 Å². The average Bonchev–Trinajstić information content (AvgIpc) is 2.96. The molecule has 2 fully saturated rings. The maximum absolute atomic E-state index is 12.7. The van der Waals surface area contributed by atoms with Crippen molar-refractivity contribution in [3.05, 3.63) is 29.8 Å². The van der Waals surface area contributed by atoms with Crippen LogP contribution in [0.15, 0.2) is 24.3 Å². The van der Waals surface area contributed by atoms with Gasteiger partial charge in [-0.15, -0.1) is 0 Å². The molecule has 0 saturated carbocycles. The highest BCUT2D eigenvalue weighted by molar-refractivity contribution is 6.06. The summed E-state index contributed by atoms with van der Waals surface area (Å²) in [6.07, 6.45) is 3.66. The first kappa shape index (κ1) is 18.3. The van der Waals surface area contributed by atoms with Crippen molar-refractivity contribution >= 4 is 17.7 Å². The summed E-state index contributed by atoms with van der Waals surface area (Å²) in [5, 5.41) is 3.07. The summed E-state index contributed by atoms with van der Waals surface area (Å²) < 4.78 is 5.10. The third kappa shape index (κ3) is 3.43. The molecule has 6 heteroatoms. The Balaban J connectivity index is 0.00000225. The van der Waals surface area contributed by atoms with Crippen molar-refractivity contribution in [1.82, 2.24) is 9.80 Å². The molecule has 2 amide bonds. The summed E-state index contributed by atoms with van der Waals surface area (Å²) in [4.78, 5) is 28.8. The lowest BCUT2D eigenvalue weighted by molar-refractivity contribution is -0.122. The van der Waals surface area contributed by atoms with E-state index in [1.54, 1.807) is 0 Å². The van der Waals surface area contributed by atoms with Gasteiger partial charge in [0.15, 0.2) is 0 Å². The van der Waals surface area contributed by atoms with Gasteiger partial charge in [0.25, 0.3) is 0 Å².